The molecule has 2 nitrogen and oxygen atoms in total. The van der Waals surface area contributed by atoms with Gasteiger partial charge in [-0.3, -0.25) is 0 Å². The number of nitriles is 2. The molecule has 0 amide bonds. The van der Waals surface area contributed by atoms with Crippen LogP contribution < -0.4 is 0 Å². The number of hydrogen-bond acceptors (Lipinski definition) is 2. The third-order valence-electron chi connectivity index (χ3n) is 2.25. The van der Waals surface area contributed by atoms with Crippen molar-refractivity contribution in [1.29, 1.82) is 10.5 Å². The predicted octanol–water partition coefficient (Wildman–Crippen LogP) is 4.35. The zero-order valence-electron chi connectivity index (χ0n) is 10.9. The van der Waals surface area contributed by atoms with Crippen LogP contribution in [0.5, 0.6) is 0 Å². The van der Waals surface area contributed by atoms with Gasteiger partial charge < -0.3 is 0 Å². The molecule has 0 N–H and O–H groups in total. The van der Waals surface area contributed by atoms with Crippen LogP contribution in [-0.4, -0.2) is 0 Å². The second-order valence-electron chi connectivity index (χ2n) is 3.64. The van der Waals surface area contributed by atoms with Crippen molar-refractivity contribution in [2.24, 2.45) is 0 Å². The van der Waals surface area contributed by atoms with Crippen LogP contribution in [0, 0.1) is 22.7 Å². The first kappa shape index (κ1) is 20.3. The lowest BCUT2D eigenvalue weighted by atomic mass is 10.2. The van der Waals surface area contributed by atoms with Gasteiger partial charge in [0.2, 0.25) is 0 Å². The second-order valence-corrected chi connectivity index (χ2v) is 3.64. The van der Waals surface area contributed by atoms with E-state index in [4.69, 9.17) is 10.5 Å². The Morgan fingerprint density at radius 1 is 0.600 bits per heavy atom. The molecule has 0 spiro atoms. The number of benzene rings is 2. The smallest absolute Gasteiger partial charge is 0.0669 e. The fourth-order valence-corrected chi connectivity index (χ4v) is 1.37. The van der Waals surface area contributed by atoms with E-state index in [0.717, 1.165) is 11.1 Å². The van der Waals surface area contributed by atoms with E-state index < -0.39 is 0 Å². The molecule has 0 heterocycles. The Morgan fingerprint density at radius 3 is 1.15 bits per heavy atom. The summed E-state index contributed by atoms with van der Waals surface area (Å²) in [6.45, 7) is 0. The van der Waals surface area contributed by atoms with Gasteiger partial charge in [-0.05, 0) is 11.1 Å². The zero-order chi connectivity index (χ0) is 13.1. The Kier molecular flexibility index (Phi) is 13.6. The van der Waals surface area contributed by atoms with E-state index in [1.807, 2.05) is 60.7 Å². The highest BCUT2D eigenvalue weighted by atomic mass is 35.5. The molecule has 104 valence electrons. The third-order valence-corrected chi connectivity index (χ3v) is 2.25. The summed E-state index contributed by atoms with van der Waals surface area (Å²) in [5.74, 6) is 0. The number of nitrogens with zero attached hydrogens (tertiary/aromatic N) is 2. The van der Waals surface area contributed by atoms with Crippen molar-refractivity contribution in [2.75, 3.05) is 0 Å². The van der Waals surface area contributed by atoms with Crippen LogP contribution in [0.3, 0.4) is 0 Å². The van der Waals surface area contributed by atoms with Gasteiger partial charge in [-0.15, -0.1) is 24.8 Å². The van der Waals surface area contributed by atoms with Crippen molar-refractivity contribution in [3.63, 3.8) is 0 Å². The predicted molar refractivity (Wildman–Crippen MR) is 86.0 cm³/mol. The first-order valence-corrected chi connectivity index (χ1v) is 5.68. The van der Waals surface area contributed by atoms with Gasteiger partial charge in [-0.25, -0.2) is 0 Å². The minimum atomic E-state index is 0. The van der Waals surface area contributed by atoms with Crippen LogP contribution in [-0.2, 0) is 12.8 Å². The van der Waals surface area contributed by atoms with Crippen LogP contribution in [0.4, 0.5) is 0 Å². The van der Waals surface area contributed by atoms with E-state index >= 15 is 0 Å². The molecule has 0 aliphatic rings. The van der Waals surface area contributed by atoms with Gasteiger partial charge in [-0.1, -0.05) is 60.7 Å². The summed E-state index contributed by atoms with van der Waals surface area (Å²) in [5, 5.41) is 16.5. The standard InChI is InChI=1S/2C8H7N.2ClH/c2*9-7-6-8-4-2-1-3-5-8;;/h2*1-5H,6H2;2*1H. The zero-order valence-corrected chi connectivity index (χ0v) is 12.5. The normalized spacial score (nSPS) is 7.50. The highest BCUT2D eigenvalue weighted by Gasteiger charge is 1.85. The summed E-state index contributed by atoms with van der Waals surface area (Å²) in [6, 6.07) is 23.6. The molecular formula is C16H16Cl2N2. The Hall–Kier alpha value is -2.00. The van der Waals surface area contributed by atoms with Gasteiger partial charge in [-0.2, -0.15) is 10.5 Å². The summed E-state index contributed by atoms with van der Waals surface area (Å²) >= 11 is 0. The molecule has 0 saturated carbocycles. The molecule has 0 aromatic heterocycles. The van der Waals surface area contributed by atoms with Crippen molar-refractivity contribution in [3.05, 3.63) is 71.8 Å². The first-order valence-electron chi connectivity index (χ1n) is 5.68. The number of hydrogen-bond donors (Lipinski definition) is 0. The van der Waals surface area contributed by atoms with Gasteiger partial charge in [0.15, 0.2) is 0 Å². The molecule has 0 bridgehead atoms. The average Bonchev–Trinajstić information content (AvgIpc) is 2.43. The number of halogens is 2. The molecule has 2 aromatic carbocycles. The van der Waals surface area contributed by atoms with E-state index in [9.17, 15) is 0 Å². The average molecular weight is 307 g/mol. The van der Waals surface area contributed by atoms with Gasteiger partial charge in [0.05, 0.1) is 25.0 Å². The van der Waals surface area contributed by atoms with E-state index in [-0.39, 0.29) is 24.8 Å². The summed E-state index contributed by atoms with van der Waals surface area (Å²) in [6.07, 6.45) is 1.03. The summed E-state index contributed by atoms with van der Waals surface area (Å²) in [4.78, 5) is 0. The van der Waals surface area contributed by atoms with Gasteiger partial charge in [0.1, 0.15) is 0 Å². The fourth-order valence-electron chi connectivity index (χ4n) is 1.37. The lowest BCUT2D eigenvalue weighted by molar-refractivity contribution is 1.26. The van der Waals surface area contributed by atoms with E-state index in [1.165, 1.54) is 0 Å². The van der Waals surface area contributed by atoms with E-state index in [0.29, 0.717) is 12.8 Å². The molecule has 0 atom stereocenters. The Labute approximate surface area is 132 Å². The van der Waals surface area contributed by atoms with Crippen LogP contribution in [0.25, 0.3) is 0 Å². The van der Waals surface area contributed by atoms with Crippen molar-refractivity contribution >= 4 is 24.8 Å². The largest absolute Gasteiger partial charge is 0.198 e. The second kappa shape index (κ2) is 13.4. The molecule has 0 aliphatic heterocycles. The number of rotatable bonds is 2. The molecule has 0 saturated heterocycles. The maximum Gasteiger partial charge on any atom is 0.0669 e. The highest BCUT2D eigenvalue weighted by molar-refractivity contribution is 5.85. The maximum absolute atomic E-state index is 8.27. The van der Waals surface area contributed by atoms with E-state index in [1.54, 1.807) is 0 Å². The third kappa shape index (κ3) is 9.00. The Balaban J connectivity index is 0. The monoisotopic (exact) mass is 306 g/mol. The van der Waals surface area contributed by atoms with E-state index in [2.05, 4.69) is 12.1 Å². The van der Waals surface area contributed by atoms with Crippen LogP contribution >= 0.6 is 24.8 Å². The van der Waals surface area contributed by atoms with Crippen molar-refractivity contribution in [3.8, 4) is 12.1 Å². The SMILES string of the molecule is Cl.Cl.N#CCc1ccccc1.N#CCc1ccccc1. The summed E-state index contributed by atoms with van der Waals surface area (Å²) in [7, 11) is 0. The Morgan fingerprint density at radius 2 is 0.900 bits per heavy atom. The molecule has 0 aliphatic carbocycles. The van der Waals surface area contributed by atoms with Crippen molar-refractivity contribution < 1.29 is 0 Å². The lowest BCUT2D eigenvalue weighted by Gasteiger charge is -1.88. The minimum Gasteiger partial charge on any atom is -0.198 e. The highest BCUT2D eigenvalue weighted by Crippen LogP contribution is 1.97. The Bertz CT molecular complexity index is 476. The van der Waals surface area contributed by atoms with Gasteiger partial charge in [0.25, 0.3) is 0 Å². The fraction of sp³-hybridized carbons (Fsp3) is 0.125. The molecule has 0 radical (unpaired) electrons. The van der Waals surface area contributed by atoms with Crippen molar-refractivity contribution in [2.45, 2.75) is 12.8 Å². The van der Waals surface area contributed by atoms with Crippen LogP contribution in [0.15, 0.2) is 60.7 Å². The lowest BCUT2D eigenvalue weighted by Crippen LogP contribution is -1.76. The quantitative estimate of drug-likeness (QED) is 0.828. The molecule has 4 heteroatoms. The maximum atomic E-state index is 8.27. The van der Waals surface area contributed by atoms with Gasteiger partial charge >= 0.3 is 0 Å². The minimum absolute atomic E-state index is 0. The molecule has 2 rings (SSSR count). The summed E-state index contributed by atoms with van der Waals surface area (Å²) in [5.41, 5.74) is 2.17. The van der Waals surface area contributed by atoms with Gasteiger partial charge in [0, 0.05) is 0 Å². The van der Waals surface area contributed by atoms with Crippen LogP contribution in [0.2, 0.25) is 0 Å². The van der Waals surface area contributed by atoms with Crippen LogP contribution in [0.1, 0.15) is 11.1 Å². The van der Waals surface area contributed by atoms with Crippen molar-refractivity contribution in [1.82, 2.24) is 0 Å². The molecule has 20 heavy (non-hydrogen) atoms. The molecule has 0 fully saturated rings. The topological polar surface area (TPSA) is 47.6 Å². The summed E-state index contributed by atoms with van der Waals surface area (Å²) < 4.78 is 0. The first-order chi connectivity index (χ1) is 8.86. The molecular weight excluding hydrogens is 291 g/mol. The molecule has 2 aromatic rings. The molecule has 0 unspecified atom stereocenters.